The van der Waals surface area contributed by atoms with E-state index in [0.29, 0.717) is 27.6 Å². The Morgan fingerprint density at radius 1 is 0.733 bits per heavy atom. The fraction of sp³-hybridized carbons (Fsp3) is 0.0500. The Labute approximate surface area is 172 Å². The van der Waals surface area contributed by atoms with Gasteiger partial charge < -0.3 is 5.11 Å². The van der Waals surface area contributed by atoms with Gasteiger partial charge in [-0.25, -0.2) is 4.99 Å². The molecule has 0 fully saturated rings. The molecule has 1 atom stereocenters. The third-order valence-electron chi connectivity index (χ3n) is 4.75. The SMILES string of the molecule is O=S(=O)(O)c1ccc(C2=NC(O)(c3ccc4cc(S(=O)(=O)O)ccc4c3)C=C2)cc1. The molecule has 3 N–H and O–H groups in total. The van der Waals surface area contributed by atoms with E-state index in [2.05, 4.69) is 4.99 Å². The molecular weight excluding hydrogens is 430 g/mol. The predicted molar refractivity (Wildman–Crippen MR) is 110 cm³/mol. The zero-order chi connectivity index (χ0) is 21.7. The molecule has 1 aliphatic heterocycles. The van der Waals surface area contributed by atoms with Crippen LogP contribution in [-0.4, -0.2) is 36.8 Å². The summed E-state index contributed by atoms with van der Waals surface area (Å²) in [6.07, 6.45) is 3.07. The van der Waals surface area contributed by atoms with Gasteiger partial charge in [-0.05, 0) is 58.8 Å². The molecule has 1 unspecified atom stereocenters. The summed E-state index contributed by atoms with van der Waals surface area (Å²) < 4.78 is 63.1. The number of allylic oxidation sites excluding steroid dienone is 1. The average molecular weight is 445 g/mol. The molecule has 0 spiro atoms. The Balaban J connectivity index is 1.69. The minimum Gasteiger partial charge on any atom is -0.362 e. The second-order valence-corrected chi connectivity index (χ2v) is 9.60. The molecule has 0 radical (unpaired) electrons. The number of aliphatic imine (C=N–C) groups is 1. The smallest absolute Gasteiger partial charge is 0.294 e. The van der Waals surface area contributed by atoms with E-state index in [1.54, 1.807) is 24.3 Å². The highest BCUT2D eigenvalue weighted by Gasteiger charge is 2.30. The molecule has 4 rings (SSSR count). The standard InChI is InChI=1S/C20H15NO7S2/c22-20(10-9-19(21-20)13-2-6-17(7-3-13)29(23,24)25)16-5-1-15-12-18(30(26,27)28)8-4-14(15)11-16/h1-12,22H,(H,23,24,25)(H,26,27,28). The van der Waals surface area contributed by atoms with E-state index >= 15 is 0 Å². The first-order valence-corrected chi connectivity index (χ1v) is 11.4. The van der Waals surface area contributed by atoms with E-state index in [9.17, 15) is 26.5 Å². The first-order valence-electron chi connectivity index (χ1n) is 8.57. The number of nitrogens with zero attached hydrogens (tertiary/aromatic N) is 1. The fourth-order valence-electron chi connectivity index (χ4n) is 3.19. The van der Waals surface area contributed by atoms with Crippen LogP contribution < -0.4 is 0 Å². The fourth-order valence-corrected chi connectivity index (χ4v) is 4.18. The number of hydrogen-bond donors (Lipinski definition) is 3. The summed E-state index contributed by atoms with van der Waals surface area (Å²) in [4.78, 5) is 3.86. The molecule has 8 nitrogen and oxygen atoms in total. The van der Waals surface area contributed by atoms with Crippen LogP contribution in [0.25, 0.3) is 10.8 Å². The average Bonchev–Trinajstić information content (AvgIpc) is 3.09. The van der Waals surface area contributed by atoms with Gasteiger partial charge in [0.15, 0.2) is 0 Å². The van der Waals surface area contributed by atoms with Gasteiger partial charge in [-0.2, -0.15) is 16.8 Å². The van der Waals surface area contributed by atoms with Crippen molar-refractivity contribution >= 4 is 36.7 Å². The Hall–Kier alpha value is -2.89. The molecule has 1 aliphatic rings. The van der Waals surface area contributed by atoms with Crippen LogP contribution in [0.3, 0.4) is 0 Å². The lowest BCUT2D eigenvalue weighted by atomic mass is 10.00. The van der Waals surface area contributed by atoms with Crippen molar-refractivity contribution in [3.8, 4) is 0 Å². The van der Waals surface area contributed by atoms with E-state index in [1.807, 2.05) is 0 Å². The van der Waals surface area contributed by atoms with Crippen LogP contribution in [0, 0.1) is 0 Å². The van der Waals surface area contributed by atoms with Crippen molar-refractivity contribution in [2.24, 2.45) is 4.99 Å². The number of fused-ring (bicyclic) bond motifs is 1. The Morgan fingerprint density at radius 3 is 1.93 bits per heavy atom. The molecular formula is C20H15NO7S2. The van der Waals surface area contributed by atoms with Gasteiger partial charge in [0.05, 0.1) is 15.5 Å². The molecule has 0 aliphatic carbocycles. The van der Waals surface area contributed by atoms with Crippen LogP contribution in [0.5, 0.6) is 0 Å². The number of hydrogen-bond acceptors (Lipinski definition) is 6. The van der Waals surface area contributed by atoms with E-state index in [-0.39, 0.29) is 9.79 Å². The molecule has 0 saturated heterocycles. The van der Waals surface area contributed by atoms with Gasteiger partial charge in [-0.15, -0.1) is 0 Å². The molecule has 0 saturated carbocycles. The van der Waals surface area contributed by atoms with Crippen molar-refractivity contribution in [2.45, 2.75) is 15.5 Å². The van der Waals surface area contributed by atoms with Gasteiger partial charge in [-0.3, -0.25) is 9.11 Å². The molecule has 30 heavy (non-hydrogen) atoms. The molecule has 3 aromatic carbocycles. The molecule has 154 valence electrons. The Bertz CT molecular complexity index is 1440. The lowest BCUT2D eigenvalue weighted by Crippen LogP contribution is -2.18. The summed E-state index contributed by atoms with van der Waals surface area (Å²) in [7, 11) is -8.62. The van der Waals surface area contributed by atoms with Gasteiger partial charge in [0.1, 0.15) is 0 Å². The van der Waals surface area contributed by atoms with Crippen LogP contribution in [0.2, 0.25) is 0 Å². The lowest BCUT2D eigenvalue weighted by Gasteiger charge is -2.18. The van der Waals surface area contributed by atoms with Crippen molar-refractivity contribution < 1.29 is 31.0 Å². The zero-order valence-electron chi connectivity index (χ0n) is 15.2. The molecule has 10 heteroatoms. The molecule has 0 aromatic heterocycles. The van der Waals surface area contributed by atoms with Gasteiger partial charge in [0.25, 0.3) is 20.2 Å². The van der Waals surface area contributed by atoms with Gasteiger partial charge in [0, 0.05) is 5.56 Å². The number of benzene rings is 3. The van der Waals surface area contributed by atoms with E-state index < -0.39 is 26.0 Å². The normalized spacial score (nSPS) is 19.2. The van der Waals surface area contributed by atoms with Crippen molar-refractivity contribution in [2.75, 3.05) is 0 Å². The van der Waals surface area contributed by atoms with Crippen LogP contribution in [-0.2, 0) is 26.0 Å². The molecule has 0 bridgehead atoms. The van der Waals surface area contributed by atoms with Crippen molar-refractivity contribution in [3.63, 3.8) is 0 Å². The third kappa shape index (κ3) is 3.78. The van der Waals surface area contributed by atoms with Crippen LogP contribution in [0.4, 0.5) is 0 Å². The van der Waals surface area contributed by atoms with Gasteiger partial charge in [-0.1, -0.05) is 30.3 Å². The highest BCUT2D eigenvalue weighted by molar-refractivity contribution is 7.86. The number of rotatable bonds is 4. The first-order chi connectivity index (χ1) is 14.0. The highest BCUT2D eigenvalue weighted by Crippen LogP contribution is 2.33. The van der Waals surface area contributed by atoms with E-state index in [0.717, 1.165) is 0 Å². The minimum atomic E-state index is -4.32. The second-order valence-electron chi connectivity index (χ2n) is 6.75. The zero-order valence-corrected chi connectivity index (χ0v) is 16.8. The summed E-state index contributed by atoms with van der Waals surface area (Å²) in [5.41, 5.74) is -0.253. The van der Waals surface area contributed by atoms with Gasteiger partial charge in [0.2, 0.25) is 5.72 Å². The largest absolute Gasteiger partial charge is 0.362 e. The summed E-state index contributed by atoms with van der Waals surface area (Å²) in [5, 5.41) is 12.2. The maximum Gasteiger partial charge on any atom is 0.294 e. The Kier molecular flexibility index (Phi) is 4.64. The summed E-state index contributed by atoms with van der Waals surface area (Å²) in [5.74, 6) is 0. The number of aliphatic hydroxyl groups is 1. The first kappa shape index (κ1) is 20.4. The highest BCUT2D eigenvalue weighted by atomic mass is 32.2. The van der Waals surface area contributed by atoms with Crippen molar-refractivity contribution in [3.05, 3.63) is 83.9 Å². The van der Waals surface area contributed by atoms with Crippen molar-refractivity contribution in [1.29, 1.82) is 0 Å². The van der Waals surface area contributed by atoms with Crippen LogP contribution in [0.1, 0.15) is 11.1 Å². The van der Waals surface area contributed by atoms with E-state index in [4.69, 9.17) is 4.55 Å². The van der Waals surface area contributed by atoms with Gasteiger partial charge >= 0.3 is 0 Å². The molecule has 1 heterocycles. The minimum absolute atomic E-state index is 0.226. The van der Waals surface area contributed by atoms with Crippen LogP contribution in [0.15, 0.2) is 87.6 Å². The quantitative estimate of drug-likeness (QED) is 0.524. The van der Waals surface area contributed by atoms with E-state index in [1.165, 1.54) is 48.5 Å². The monoisotopic (exact) mass is 445 g/mol. The predicted octanol–water partition coefficient (Wildman–Crippen LogP) is 2.54. The summed E-state index contributed by atoms with van der Waals surface area (Å²) in [6.45, 7) is 0. The molecule has 3 aromatic rings. The third-order valence-corrected chi connectivity index (χ3v) is 6.46. The summed E-state index contributed by atoms with van der Waals surface area (Å²) >= 11 is 0. The Morgan fingerprint density at radius 2 is 1.30 bits per heavy atom. The van der Waals surface area contributed by atoms with Crippen molar-refractivity contribution in [1.82, 2.24) is 0 Å². The molecule has 0 amide bonds. The topological polar surface area (TPSA) is 141 Å². The second kappa shape index (κ2) is 6.83. The lowest BCUT2D eigenvalue weighted by molar-refractivity contribution is 0.103. The maximum atomic E-state index is 11.3. The maximum absolute atomic E-state index is 11.3. The van der Waals surface area contributed by atoms with Crippen LogP contribution >= 0.6 is 0 Å². The summed E-state index contributed by atoms with van der Waals surface area (Å²) in [6, 6.07) is 14.4.